The van der Waals surface area contributed by atoms with E-state index in [1.165, 1.54) is 154 Å². The van der Waals surface area contributed by atoms with Crippen LogP contribution in [0.25, 0.3) is 0 Å². The van der Waals surface area contributed by atoms with Crippen LogP contribution in [0.5, 0.6) is 0 Å². The number of aliphatic hydroxyl groups is 2. The topological polar surface area (TPSA) is 95.9 Å². The predicted molar refractivity (Wildman–Crippen MR) is 259 cm³/mol. The molecule has 2 atom stereocenters. The van der Waals surface area contributed by atoms with Crippen LogP contribution in [0.3, 0.4) is 0 Å². The second-order valence-electron chi connectivity index (χ2n) is 17.8. The van der Waals surface area contributed by atoms with E-state index < -0.39 is 12.1 Å². The van der Waals surface area contributed by atoms with Gasteiger partial charge in [-0.05, 0) is 89.9 Å². The number of esters is 1. The molecule has 0 rings (SSSR count). The average molecular weight is 844 g/mol. The normalized spacial score (nSPS) is 12.9. The number of hydrogen-bond acceptors (Lipinski definition) is 5. The zero-order valence-corrected chi connectivity index (χ0v) is 39.9. The molecule has 0 radical (unpaired) electrons. The lowest BCUT2D eigenvalue weighted by Crippen LogP contribution is -2.45. The average Bonchev–Trinajstić information content (AvgIpc) is 3.25. The van der Waals surface area contributed by atoms with Crippen LogP contribution in [0.15, 0.2) is 36.5 Å². The van der Waals surface area contributed by atoms with Gasteiger partial charge in [0.2, 0.25) is 5.91 Å². The summed E-state index contributed by atoms with van der Waals surface area (Å²) >= 11 is 0. The lowest BCUT2D eigenvalue weighted by molar-refractivity contribution is -0.143. The van der Waals surface area contributed by atoms with Crippen molar-refractivity contribution in [2.45, 2.75) is 283 Å². The molecule has 0 heterocycles. The van der Waals surface area contributed by atoms with Gasteiger partial charge >= 0.3 is 5.97 Å². The van der Waals surface area contributed by atoms with Crippen molar-refractivity contribution in [2.24, 2.45) is 0 Å². The number of aliphatic hydroxyl groups excluding tert-OH is 2. The minimum absolute atomic E-state index is 0.0240. The third-order valence-electron chi connectivity index (χ3n) is 11.9. The Kier molecular flexibility index (Phi) is 48.1. The highest BCUT2D eigenvalue weighted by molar-refractivity contribution is 5.76. The molecule has 0 saturated heterocycles. The van der Waals surface area contributed by atoms with E-state index in [0.717, 1.165) is 83.5 Å². The quantitative estimate of drug-likeness (QED) is 0.0322. The monoisotopic (exact) mass is 844 g/mol. The van der Waals surface area contributed by atoms with Gasteiger partial charge in [0.1, 0.15) is 0 Å². The summed E-state index contributed by atoms with van der Waals surface area (Å²) in [5.41, 5.74) is 0. The molecule has 2 unspecified atom stereocenters. The number of carbonyl (C=O) groups is 2. The summed E-state index contributed by atoms with van der Waals surface area (Å²) in [5.74, 6) is -0.0772. The van der Waals surface area contributed by atoms with E-state index in [4.69, 9.17) is 4.74 Å². The highest BCUT2D eigenvalue weighted by Gasteiger charge is 2.20. The molecule has 0 aliphatic rings. The zero-order valence-electron chi connectivity index (χ0n) is 39.9. The van der Waals surface area contributed by atoms with Crippen molar-refractivity contribution in [3.05, 3.63) is 36.5 Å². The summed E-state index contributed by atoms with van der Waals surface area (Å²) in [7, 11) is 0. The lowest BCUT2D eigenvalue weighted by atomic mass is 10.0. The molecule has 0 saturated carbocycles. The van der Waals surface area contributed by atoms with Crippen LogP contribution >= 0.6 is 0 Å². The second-order valence-corrected chi connectivity index (χ2v) is 17.8. The first-order chi connectivity index (χ1) is 29.5. The van der Waals surface area contributed by atoms with Gasteiger partial charge in [-0.3, -0.25) is 9.59 Å². The fourth-order valence-electron chi connectivity index (χ4n) is 7.84. The van der Waals surface area contributed by atoms with Gasteiger partial charge in [0.05, 0.1) is 25.4 Å². The maximum atomic E-state index is 12.4. The highest BCUT2D eigenvalue weighted by Crippen LogP contribution is 2.15. The summed E-state index contributed by atoms with van der Waals surface area (Å²) in [5, 5.41) is 23.1. The van der Waals surface area contributed by atoms with Gasteiger partial charge < -0.3 is 20.3 Å². The van der Waals surface area contributed by atoms with Crippen molar-refractivity contribution >= 4 is 11.9 Å². The highest BCUT2D eigenvalue weighted by atomic mass is 16.5. The lowest BCUT2D eigenvalue weighted by Gasteiger charge is -2.22. The number of carbonyl (C=O) groups excluding carboxylic acids is 2. The van der Waals surface area contributed by atoms with Crippen molar-refractivity contribution in [1.82, 2.24) is 5.32 Å². The minimum atomic E-state index is -0.674. The van der Waals surface area contributed by atoms with Gasteiger partial charge in [-0.2, -0.15) is 0 Å². The first kappa shape index (κ1) is 58.1. The first-order valence-electron chi connectivity index (χ1n) is 26.2. The van der Waals surface area contributed by atoms with Crippen molar-refractivity contribution in [3.8, 4) is 0 Å². The molecule has 0 aromatic heterocycles. The van der Waals surface area contributed by atoms with Crippen molar-refractivity contribution < 1.29 is 24.5 Å². The third-order valence-corrected chi connectivity index (χ3v) is 11.9. The van der Waals surface area contributed by atoms with Crippen LogP contribution in [-0.4, -0.2) is 47.4 Å². The molecular weight excluding hydrogens is 743 g/mol. The summed E-state index contributed by atoms with van der Waals surface area (Å²) in [6.45, 7) is 4.88. The standard InChI is InChI=1S/C54H101NO5/c1-3-5-7-9-11-13-15-16-20-24-28-32-36-40-44-48-54(59)60-49-45-41-37-33-29-25-22-19-17-18-21-23-27-31-35-39-43-47-53(58)55-51(50-56)52(57)46-42-38-34-30-26-14-12-10-8-6-4-2/h16-17,19-20,25,29,51-52,56-57H,3-15,18,21-24,26-28,30-50H2,1-2H3,(H,55,58)/b19-17-,20-16-,29-25-. The Balaban J connectivity index is 3.50. The van der Waals surface area contributed by atoms with Crippen LogP contribution in [-0.2, 0) is 14.3 Å². The molecule has 0 aliphatic heterocycles. The molecular formula is C54H101NO5. The fourth-order valence-corrected chi connectivity index (χ4v) is 7.84. The van der Waals surface area contributed by atoms with E-state index in [1.807, 2.05) is 0 Å². The van der Waals surface area contributed by atoms with Crippen LogP contribution in [0.2, 0.25) is 0 Å². The molecule has 0 bridgehead atoms. The maximum absolute atomic E-state index is 12.4. The Morgan fingerprint density at radius 3 is 1.28 bits per heavy atom. The van der Waals surface area contributed by atoms with E-state index in [1.54, 1.807) is 0 Å². The summed E-state index contributed by atoms with van der Waals surface area (Å²) < 4.78 is 5.44. The number of unbranched alkanes of at least 4 members (excludes halogenated alkanes) is 31. The van der Waals surface area contributed by atoms with Gasteiger partial charge in [0, 0.05) is 12.8 Å². The molecule has 1 amide bonds. The molecule has 0 spiro atoms. The SMILES string of the molecule is CCCCCCCC/C=C\CCCCCCCC(=O)OCCCCC/C=C\C/C=C\CCCCCCCCCC(=O)NC(CO)C(O)CCCCCCCCCCCCC. The molecule has 0 aliphatic carbocycles. The fraction of sp³-hybridized carbons (Fsp3) is 0.852. The van der Waals surface area contributed by atoms with Gasteiger partial charge in [-0.15, -0.1) is 0 Å². The molecule has 352 valence electrons. The molecule has 0 fully saturated rings. The van der Waals surface area contributed by atoms with Crippen LogP contribution < -0.4 is 5.32 Å². The molecule has 3 N–H and O–H groups in total. The van der Waals surface area contributed by atoms with Gasteiger partial charge in [-0.1, -0.05) is 204 Å². The Labute approximate surface area is 373 Å². The van der Waals surface area contributed by atoms with Crippen molar-refractivity contribution in [3.63, 3.8) is 0 Å². The zero-order chi connectivity index (χ0) is 43.7. The number of hydrogen-bond donors (Lipinski definition) is 3. The predicted octanol–water partition coefficient (Wildman–Crippen LogP) is 15.7. The Morgan fingerprint density at radius 1 is 0.467 bits per heavy atom. The Morgan fingerprint density at radius 2 is 0.833 bits per heavy atom. The van der Waals surface area contributed by atoms with Crippen LogP contribution in [0, 0.1) is 0 Å². The number of allylic oxidation sites excluding steroid dienone is 6. The summed E-state index contributed by atoms with van der Waals surface area (Å²) in [6.07, 6.45) is 59.8. The van der Waals surface area contributed by atoms with E-state index in [0.29, 0.717) is 25.9 Å². The number of amides is 1. The maximum Gasteiger partial charge on any atom is 0.305 e. The molecule has 6 nitrogen and oxygen atoms in total. The molecule has 0 aromatic carbocycles. The minimum Gasteiger partial charge on any atom is -0.466 e. The van der Waals surface area contributed by atoms with Gasteiger partial charge in [-0.25, -0.2) is 0 Å². The van der Waals surface area contributed by atoms with Gasteiger partial charge in [0.15, 0.2) is 0 Å². The third kappa shape index (κ3) is 45.6. The van der Waals surface area contributed by atoms with Crippen molar-refractivity contribution in [2.75, 3.05) is 13.2 Å². The van der Waals surface area contributed by atoms with Crippen LogP contribution in [0.4, 0.5) is 0 Å². The summed E-state index contributed by atoms with van der Waals surface area (Å²) in [4.78, 5) is 24.4. The first-order valence-corrected chi connectivity index (χ1v) is 26.2. The number of rotatable bonds is 48. The van der Waals surface area contributed by atoms with E-state index in [9.17, 15) is 19.8 Å². The van der Waals surface area contributed by atoms with Gasteiger partial charge in [0.25, 0.3) is 0 Å². The Hall–Kier alpha value is -1.92. The second kappa shape index (κ2) is 49.7. The van der Waals surface area contributed by atoms with E-state index >= 15 is 0 Å². The van der Waals surface area contributed by atoms with Crippen molar-refractivity contribution in [1.29, 1.82) is 0 Å². The molecule has 60 heavy (non-hydrogen) atoms. The smallest absolute Gasteiger partial charge is 0.305 e. The van der Waals surface area contributed by atoms with Crippen LogP contribution in [0.1, 0.15) is 271 Å². The number of nitrogens with one attached hydrogen (secondary N) is 1. The largest absolute Gasteiger partial charge is 0.466 e. The molecule has 0 aromatic rings. The van der Waals surface area contributed by atoms with E-state index in [2.05, 4.69) is 55.6 Å². The Bertz CT molecular complexity index is 977. The number of ether oxygens (including phenoxy) is 1. The van der Waals surface area contributed by atoms with E-state index in [-0.39, 0.29) is 18.5 Å². The molecule has 6 heteroatoms. The summed E-state index contributed by atoms with van der Waals surface area (Å²) in [6, 6.07) is -0.552.